The first-order chi connectivity index (χ1) is 9.70. The first kappa shape index (κ1) is 16.2. The zero-order chi connectivity index (χ0) is 14.4. The van der Waals surface area contributed by atoms with Crippen molar-refractivity contribution in [3.05, 3.63) is 28.8 Å². The van der Waals surface area contributed by atoms with Crippen LogP contribution in [0.3, 0.4) is 0 Å². The summed E-state index contributed by atoms with van der Waals surface area (Å²) in [5, 5.41) is 4.33. The number of hydrogen-bond donors (Lipinski definition) is 1. The summed E-state index contributed by atoms with van der Waals surface area (Å²) in [5.41, 5.74) is 1.18. The highest BCUT2D eigenvalue weighted by Crippen LogP contribution is 2.30. The summed E-state index contributed by atoms with van der Waals surface area (Å²) in [6.07, 6.45) is 3.95. The van der Waals surface area contributed by atoms with Gasteiger partial charge in [-0.05, 0) is 50.4 Å². The summed E-state index contributed by atoms with van der Waals surface area (Å²) < 4.78 is 5.65. The number of ether oxygens (including phenoxy) is 1. The second kappa shape index (κ2) is 8.28. The maximum Gasteiger partial charge on any atom is 0.0669 e. The minimum Gasteiger partial charge on any atom is -0.377 e. The molecule has 1 heterocycles. The second-order valence-corrected chi connectivity index (χ2v) is 6.81. The summed E-state index contributed by atoms with van der Waals surface area (Å²) in [4.78, 5) is 1.23. The Bertz CT molecular complexity index is 421. The van der Waals surface area contributed by atoms with Crippen molar-refractivity contribution < 1.29 is 4.74 Å². The van der Waals surface area contributed by atoms with Crippen molar-refractivity contribution >= 4 is 23.4 Å². The van der Waals surface area contributed by atoms with Crippen LogP contribution < -0.4 is 5.32 Å². The first-order valence-corrected chi connectivity index (χ1v) is 8.84. The van der Waals surface area contributed by atoms with Crippen LogP contribution in [0.2, 0.25) is 5.02 Å². The Labute approximate surface area is 131 Å². The predicted octanol–water partition coefficient (Wildman–Crippen LogP) is 4.67. The van der Waals surface area contributed by atoms with Crippen molar-refractivity contribution in [2.24, 2.45) is 0 Å². The Morgan fingerprint density at radius 3 is 3.00 bits per heavy atom. The Morgan fingerprint density at radius 1 is 1.50 bits per heavy atom. The van der Waals surface area contributed by atoms with E-state index in [-0.39, 0.29) is 0 Å². The molecule has 1 aliphatic rings. The quantitative estimate of drug-likeness (QED) is 0.739. The molecule has 0 bridgehead atoms. The highest BCUT2D eigenvalue weighted by Gasteiger charge is 2.16. The van der Waals surface area contributed by atoms with Crippen LogP contribution in [0.15, 0.2) is 23.1 Å². The van der Waals surface area contributed by atoms with Gasteiger partial charge < -0.3 is 10.1 Å². The molecule has 1 N–H and O–H groups in total. The number of hydrogen-bond acceptors (Lipinski definition) is 3. The van der Waals surface area contributed by atoms with E-state index in [0.29, 0.717) is 12.1 Å². The van der Waals surface area contributed by atoms with E-state index in [1.54, 1.807) is 0 Å². The van der Waals surface area contributed by atoms with Crippen molar-refractivity contribution in [3.63, 3.8) is 0 Å². The molecule has 1 fully saturated rings. The molecule has 4 heteroatoms. The number of rotatable bonds is 7. The summed E-state index contributed by atoms with van der Waals surface area (Å²) in [5.74, 6) is 1.03. The molecule has 0 aromatic heterocycles. The second-order valence-electron chi connectivity index (χ2n) is 5.31. The van der Waals surface area contributed by atoms with E-state index in [1.165, 1.54) is 23.3 Å². The summed E-state index contributed by atoms with van der Waals surface area (Å²) in [7, 11) is 0. The molecule has 1 aromatic rings. The third-order valence-electron chi connectivity index (χ3n) is 3.60. The van der Waals surface area contributed by atoms with E-state index in [1.807, 2.05) is 11.8 Å². The van der Waals surface area contributed by atoms with Crippen molar-refractivity contribution in [2.75, 3.05) is 18.9 Å². The molecule has 112 valence electrons. The topological polar surface area (TPSA) is 21.3 Å². The van der Waals surface area contributed by atoms with Crippen LogP contribution in [-0.2, 0) is 4.74 Å². The monoisotopic (exact) mass is 313 g/mol. The molecular weight excluding hydrogens is 290 g/mol. The summed E-state index contributed by atoms with van der Waals surface area (Å²) >= 11 is 8.25. The minimum atomic E-state index is 0.305. The van der Waals surface area contributed by atoms with E-state index in [2.05, 4.69) is 37.4 Å². The lowest BCUT2D eigenvalue weighted by Gasteiger charge is -2.16. The molecule has 0 aliphatic carbocycles. The van der Waals surface area contributed by atoms with Crippen LogP contribution >= 0.6 is 23.4 Å². The molecule has 2 unspecified atom stereocenters. The van der Waals surface area contributed by atoms with Gasteiger partial charge >= 0.3 is 0 Å². The summed E-state index contributed by atoms with van der Waals surface area (Å²) in [6.45, 7) is 6.28. The minimum absolute atomic E-state index is 0.305. The van der Waals surface area contributed by atoms with Gasteiger partial charge in [0.05, 0.1) is 6.10 Å². The Balaban J connectivity index is 1.90. The molecule has 0 amide bonds. The molecule has 2 atom stereocenters. The largest absolute Gasteiger partial charge is 0.377 e. The van der Waals surface area contributed by atoms with Crippen LogP contribution in [0.5, 0.6) is 0 Å². The molecule has 1 aliphatic heterocycles. The molecule has 1 aromatic carbocycles. The van der Waals surface area contributed by atoms with Crippen molar-refractivity contribution in [2.45, 2.75) is 50.2 Å². The predicted molar refractivity (Wildman–Crippen MR) is 87.9 cm³/mol. The van der Waals surface area contributed by atoms with Gasteiger partial charge in [0.25, 0.3) is 0 Å². The van der Waals surface area contributed by atoms with Gasteiger partial charge in [-0.25, -0.2) is 0 Å². The molecule has 0 spiro atoms. The van der Waals surface area contributed by atoms with Crippen LogP contribution in [-0.4, -0.2) is 25.0 Å². The normalized spacial score (nSPS) is 20.2. The third kappa shape index (κ3) is 4.66. The highest BCUT2D eigenvalue weighted by molar-refractivity contribution is 7.99. The Hall–Kier alpha value is -0.220. The molecule has 0 saturated carbocycles. The fourth-order valence-electron chi connectivity index (χ4n) is 2.38. The van der Waals surface area contributed by atoms with Crippen molar-refractivity contribution in [3.8, 4) is 0 Å². The van der Waals surface area contributed by atoms with E-state index in [0.717, 1.165) is 30.3 Å². The first-order valence-electron chi connectivity index (χ1n) is 7.48. The van der Waals surface area contributed by atoms with E-state index >= 15 is 0 Å². The van der Waals surface area contributed by atoms with Crippen LogP contribution in [0.25, 0.3) is 0 Å². The summed E-state index contributed by atoms with van der Waals surface area (Å²) in [6, 6.07) is 6.71. The Kier molecular flexibility index (Phi) is 6.69. The van der Waals surface area contributed by atoms with Crippen LogP contribution in [0.4, 0.5) is 0 Å². The lowest BCUT2D eigenvalue weighted by molar-refractivity contribution is 0.129. The highest BCUT2D eigenvalue weighted by atomic mass is 35.5. The van der Waals surface area contributed by atoms with Crippen LogP contribution in [0, 0.1) is 0 Å². The number of thioether (sulfide) groups is 1. The van der Waals surface area contributed by atoms with Crippen molar-refractivity contribution in [1.82, 2.24) is 5.32 Å². The molecule has 1 saturated heterocycles. The van der Waals surface area contributed by atoms with Gasteiger partial charge in [-0.15, -0.1) is 11.8 Å². The standard InChI is InChI=1S/C16H24ClNOS/c1-3-8-18-12(2)15-7-6-14(10-16(15)17)20-11-13-5-4-9-19-13/h6-7,10,12-13,18H,3-5,8-9,11H2,1-2H3. The van der Waals surface area contributed by atoms with Gasteiger partial charge in [0.2, 0.25) is 0 Å². The molecule has 2 rings (SSSR count). The lowest BCUT2D eigenvalue weighted by atomic mass is 10.1. The third-order valence-corrected chi connectivity index (χ3v) is 5.05. The zero-order valence-electron chi connectivity index (χ0n) is 12.3. The number of nitrogens with one attached hydrogen (secondary N) is 1. The maximum atomic E-state index is 6.41. The SMILES string of the molecule is CCCNC(C)c1ccc(SCC2CCCO2)cc1Cl. The van der Waals surface area contributed by atoms with Gasteiger partial charge in [-0.1, -0.05) is 24.6 Å². The average Bonchev–Trinajstić information content (AvgIpc) is 2.96. The number of benzene rings is 1. The van der Waals surface area contributed by atoms with Gasteiger partial charge in [-0.3, -0.25) is 0 Å². The van der Waals surface area contributed by atoms with E-state index in [4.69, 9.17) is 16.3 Å². The van der Waals surface area contributed by atoms with Gasteiger partial charge in [-0.2, -0.15) is 0 Å². The van der Waals surface area contributed by atoms with Gasteiger partial charge in [0.1, 0.15) is 0 Å². The van der Waals surface area contributed by atoms with Crippen molar-refractivity contribution in [1.29, 1.82) is 0 Å². The fraction of sp³-hybridized carbons (Fsp3) is 0.625. The van der Waals surface area contributed by atoms with Crippen LogP contribution in [0.1, 0.15) is 44.7 Å². The average molecular weight is 314 g/mol. The fourth-order valence-corrected chi connectivity index (χ4v) is 3.80. The number of halogens is 1. The van der Waals surface area contributed by atoms with Gasteiger partial charge in [0, 0.05) is 28.3 Å². The maximum absolute atomic E-state index is 6.41. The smallest absolute Gasteiger partial charge is 0.0669 e. The molecule has 0 radical (unpaired) electrons. The molecular formula is C16H24ClNOS. The zero-order valence-corrected chi connectivity index (χ0v) is 13.9. The molecule has 20 heavy (non-hydrogen) atoms. The van der Waals surface area contributed by atoms with E-state index < -0.39 is 0 Å². The lowest BCUT2D eigenvalue weighted by Crippen LogP contribution is -2.19. The van der Waals surface area contributed by atoms with Gasteiger partial charge in [0.15, 0.2) is 0 Å². The Morgan fingerprint density at radius 2 is 2.35 bits per heavy atom. The van der Waals surface area contributed by atoms with E-state index in [9.17, 15) is 0 Å². The molecule has 2 nitrogen and oxygen atoms in total.